The highest BCUT2D eigenvalue weighted by atomic mass is 79.9. The van der Waals surface area contributed by atoms with Crippen molar-refractivity contribution in [3.05, 3.63) is 53.0 Å². The van der Waals surface area contributed by atoms with E-state index in [1.807, 2.05) is 31.2 Å². The van der Waals surface area contributed by atoms with Gasteiger partial charge in [0.1, 0.15) is 5.75 Å². The number of methoxy groups -OCH3 is 1. The molecule has 140 valence electrons. The van der Waals surface area contributed by atoms with Crippen LogP contribution in [0.25, 0.3) is 0 Å². The predicted octanol–water partition coefficient (Wildman–Crippen LogP) is 5.17. The Bertz CT molecular complexity index is 918. The summed E-state index contributed by atoms with van der Waals surface area (Å²) in [7, 11) is 1.61. The van der Waals surface area contributed by atoms with Crippen LogP contribution in [0.5, 0.6) is 5.75 Å². The molecular weight excluding hydrogens is 448 g/mol. The van der Waals surface area contributed by atoms with Crippen molar-refractivity contribution < 1.29 is 9.53 Å². The normalized spacial score (nSPS) is 11.7. The van der Waals surface area contributed by atoms with Gasteiger partial charge in [-0.2, -0.15) is 0 Å². The first kappa shape index (κ1) is 19.7. The molecule has 0 spiro atoms. The minimum atomic E-state index is -0.307. The lowest BCUT2D eigenvalue weighted by Crippen LogP contribution is -2.22. The molecule has 0 aliphatic heterocycles. The molecule has 0 saturated heterocycles. The van der Waals surface area contributed by atoms with Gasteiger partial charge in [-0.05, 0) is 49.4 Å². The molecule has 0 saturated carbocycles. The summed E-state index contributed by atoms with van der Waals surface area (Å²) < 4.78 is 6.82. The van der Waals surface area contributed by atoms with Gasteiger partial charge in [0.15, 0.2) is 4.34 Å². The topological polar surface area (TPSA) is 76.1 Å². The number of benzene rings is 2. The highest BCUT2D eigenvalue weighted by Crippen LogP contribution is 2.31. The average molecular weight is 465 g/mol. The third-order valence-electron chi connectivity index (χ3n) is 3.49. The second kappa shape index (κ2) is 9.20. The van der Waals surface area contributed by atoms with Crippen LogP contribution < -0.4 is 15.4 Å². The van der Waals surface area contributed by atoms with Gasteiger partial charge < -0.3 is 15.4 Å². The zero-order valence-electron chi connectivity index (χ0n) is 14.6. The van der Waals surface area contributed by atoms with Crippen LogP contribution in [0.4, 0.5) is 16.5 Å². The molecule has 0 bridgehead atoms. The fourth-order valence-electron chi connectivity index (χ4n) is 2.12. The average Bonchev–Trinajstić information content (AvgIpc) is 3.09. The Balaban J connectivity index is 1.56. The summed E-state index contributed by atoms with van der Waals surface area (Å²) in [6, 6.07) is 15.0. The summed E-state index contributed by atoms with van der Waals surface area (Å²) >= 11 is 6.22. The quantitative estimate of drug-likeness (QED) is 0.469. The van der Waals surface area contributed by atoms with Gasteiger partial charge in [0.2, 0.25) is 11.0 Å². The van der Waals surface area contributed by atoms with E-state index in [1.165, 1.54) is 23.1 Å². The van der Waals surface area contributed by atoms with E-state index in [2.05, 4.69) is 36.8 Å². The molecule has 0 fully saturated rings. The first-order chi connectivity index (χ1) is 13.0. The van der Waals surface area contributed by atoms with Crippen molar-refractivity contribution in [2.45, 2.75) is 16.5 Å². The van der Waals surface area contributed by atoms with E-state index in [9.17, 15) is 4.79 Å². The van der Waals surface area contributed by atoms with E-state index >= 15 is 0 Å². The number of rotatable bonds is 7. The Morgan fingerprint density at radius 3 is 2.67 bits per heavy atom. The second-order valence-corrected chi connectivity index (χ2v) is 8.97. The molecule has 1 aromatic heterocycles. The standard InChI is InChI=1S/C18H17BrN4O2S2/c1-11(16(24)20-13-6-8-15(25-2)9-7-13)26-18-23-22-17(27-18)21-14-5-3-4-12(19)10-14/h3-11H,1-2H3,(H,20,24)(H,21,22)/t11-/m0/s1. The minimum Gasteiger partial charge on any atom is -0.497 e. The van der Waals surface area contributed by atoms with Crippen molar-refractivity contribution in [1.82, 2.24) is 10.2 Å². The fraction of sp³-hybridized carbons (Fsp3) is 0.167. The van der Waals surface area contributed by atoms with Crippen LogP contribution >= 0.6 is 39.0 Å². The van der Waals surface area contributed by atoms with Crippen LogP contribution in [0.2, 0.25) is 0 Å². The number of nitrogens with zero attached hydrogens (tertiary/aromatic N) is 2. The zero-order valence-corrected chi connectivity index (χ0v) is 17.8. The number of carbonyl (C=O) groups is 1. The van der Waals surface area contributed by atoms with Gasteiger partial charge in [0.05, 0.1) is 12.4 Å². The number of ether oxygens (including phenoxy) is 1. The van der Waals surface area contributed by atoms with Crippen LogP contribution in [0.3, 0.4) is 0 Å². The van der Waals surface area contributed by atoms with Crippen molar-refractivity contribution >= 4 is 61.4 Å². The van der Waals surface area contributed by atoms with E-state index in [-0.39, 0.29) is 11.2 Å². The lowest BCUT2D eigenvalue weighted by Gasteiger charge is -2.10. The largest absolute Gasteiger partial charge is 0.497 e. The molecule has 3 aromatic rings. The number of hydrogen-bond donors (Lipinski definition) is 2. The summed E-state index contributed by atoms with van der Waals surface area (Å²) in [5.41, 5.74) is 1.64. The smallest absolute Gasteiger partial charge is 0.237 e. The molecule has 1 amide bonds. The van der Waals surface area contributed by atoms with Gasteiger partial charge in [0, 0.05) is 15.8 Å². The Morgan fingerprint density at radius 1 is 1.19 bits per heavy atom. The zero-order chi connectivity index (χ0) is 19.2. The summed E-state index contributed by atoms with van der Waals surface area (Å²) in [5.74, 6) is 0.650. The van der Waals surface area contributed by atoms with Crippen LogP contribution in [0, 0.1) is 0 Å². The van der Waals surface area contributed by atoms with Gasteiger partial charge in [0.25, 0.3) is 0 Å². The minimum absolute atomic E-state index is 0.0955. The van der Waals surface area contributed by atoms with Gasteiger partial charge >= 0.3 is 0 Å². The molecule has 2 N–H and O–H groups in total. The summed E-state index contributed by atoms with van der Waals surface area (Å²) in [6.07, 6.45) is 0. The molecule has 9 heteroatoms. The Morgan fingerprint density at radius 2 is 1.96 bits per heavy atom. The number of nitrogens with one attached hydrogen (secondary N) is 2. The number of carbonyl (C=O) groups excluding carboxylic acids is 1. The third-order valence-corrected chi connectivity index (χ3v) is 6.00. The monoisotopic (exact) mass is 464 g/mol. The van der Waals surface area contributed by atoms with E-state index < -0.39 is 0 Å². The highest BCUT2D eigenvalue weighted by Gasteiger charge is 2.17. The molecule has 1 atom stereocenters. The van der Waals surface area contributed by atoms with E-state index in [0.717, 1.165) is 25.9 Å². The van der Waals surface area contributed by atoms with Crippen LogP contribution in [0.1, 0.15) is 6.92 Å². The number of halogens is 1. The molecule has 0 aliphatic carbocycles. The molecule has 1 heterocycles. The van der Waals surface area contributed by atoms with Crippen LogP contribution in [-0.2, 0) is 4.79 Å². The third kappa shape index (κ3) is 5.69. The van der Waals surface area contributed by atoms with Crippen molar-refractivity contribution in [3.8, 4) is 5.75 Å². The number of thioether (sulfide) groups is 1. The summed E-state index contributed by atoms with van der Waals surface area (Å²) in [5, 5.41) is 14.7. The molecular formula is C18H17BrN4O2S2. The molecule has 2 aromatic carbocycles. The van der Waals surface area contributed by atoms with Crippen molar-refractivity contribution in [2.75, 3.05) is 17.7 Å². The molecule has 0 radical (unpaired) electrons. The van der Waals surface area contributed by atoms with Gasteiger partial charge in [-0.25, -0.2) is 0 Å². The lowest BCUT2D eigenvalue weighted by molar-refractivity contribution is -0.115. The number of amides is 1. The Kier molecular flexibility index (Phi) is 6.70. The number of anilines is 3. The van der Waals surface area contributed by atoms with E-state index in [4.69, 9.17) is 4.74 Å². The first-order valence-corrected chi connectivity index (χ1v) is 10.5. The van der Waals surface area contributed by atoms with Crippen LogP contribution in [-0.4, -0.2) is 28.5 Å². The molecule has 0 unspecified atom stereocenters. The highest BCUT2D eigenvalue weighted by molar-refractivity contribution is 9.10. The SMILES string of the molecule is COc1ccc(NC(=O)[C@H](C)Sc2nnc(Nc3cccc(Br)c3)s2)cc1. The van der Waals surface area contributed by atoms with Crippen molar-refractivity contribution in [3.63, 3.8) is 0 Å². The van der Waals surface area contributed by atoms with Crippen LogP contribution in [0.15, 0.2) is 57.3 Å². The molecule has 3 rings (SSSR count). The maximum Gasteiger partial charge on any atom is 0.237 e. The first-order valence-electron chi connectivity index (χ1n) is 8.01. The van der Waals surface area contributed by atoms with Gasteiger partial charge in [-0.3, -0.25) is 4.79 Å². The molecule has 0 aliphatic rings. The number of hydrogen-bond acceptors (Lipinski definition) is 7. The van der Waals surface area contributed by atoms with Crippen molar-refractivity contribution in [2.24, 2.45) is 0 Å². The van der Waals surface area contributed by atoms with Gasteiger partial charge in [-0.1, -0.05) is 45.1 Å². The van der Waals surface area contributed by atoms with Gasteiger partial charge in [-0.15, -0.1) is 10.2 Å². The fourth-order valence-corrected chi connectivity index (χ4v) is 4.44. The predicted molar refractivity (Wildman–Crippen MR) is 114 cm³/mol. The van der Waals surface area contributed by atoms with E-state index in [0.29, 0.717) is 5.13 Å². The summed E-state index contributed by atoms with van der Waals surface area (Å²) in [6.45, 7) is 1.84. The number of aromatic nitrogens is 2. The maximum absolute atomic E-state index is 12.4. The molecule has 6 nitrogen and oxygen atoms in total. The van der Waals surface area contributed by atoms with E-state index in [1.54, 1.807) is 31.4 Å². The Labute approximate surface area is 173 Å². The Hall–Kier alpha value is -2.10. The lowest BCUT2D eigenvalue weighted by atomic mass is 10.3. The maximum atomic E-state index is 12.4. The molecule has 27 heavy (non-hydrogen) atoms. The second-order valence-electron chi connectivity index (χ2n) is 5.49. The van der Waals surface area contributed by atoms with Crippen molar-refractivity contribution in [1.29, 1.82) is 0 Å². The summed E-state index contributed by atoms with van der Waals surface area (Å²) in [4.78, 5) is 12.4.